The first kappa shape index (κ1) is 19.3. The van der Waals surface area contributed by atoms with Crippen LogP contribution in [0.5, 0.6) is 0 Å². The summed E-state index contributed by atoms with van der Waals surface area (Å²) in [4.78, 5) is 18.5. The first-order valence-corrected chi connectivity index (χ1v) is 9.23. The highest BCUT2D eigenvalue weighted by molar-refractivity contribution is 5.80. The van der Waals surface area contributed by atoms with E-state index in [1.54, 1.807) is 0 Å². The van der Waals surface area contributed by atoms with E-state index < -0.39 is 0 Å². The number of guanidine groups is 1. The van der Waals surface area contributed by atoms with Crippen molar-refractivity contribution in [2.45, 2.75) is 40.0 Å². The van der Waals surface area contributed by atoms with Crippen LogP contribution in [-0.2, 0) is 16.0 Å². The number of carbonyl (C=O) groups excluding carboxylic acids is 1. The number of piperidine rings is 1. The van der Waals surface area contributed by atoms with E-state index in [1.807, 2.05) is 14.0 Å². The highest BCUT2D eigenvalue weighted by Gasteiger charge is 2.27. The average molecular weight is 345 g/mol. The first-order chi connectivity index (χ1) is 12.0. The number of benzene rings is 1. The second kappa shape index (κ2) is 9.44. The molecule has 0 saturated carbocycles. The summed E-state index contributed by atoms with van der Waals surface area (Å²) in [7, 11) is 1.82. The van der Waals surface area contributed by atoms with Crippen LogP contribution in [0.15, 0.2) is 23.2 Å². The minimum Gasteiger partial charge on any atom is -0.466 e. The van der Waals surface area contributed by atoms with Crippen molar-refractivity contribution in [3.63, 3.8) is 0 Å². The van der Waals surface area contributed by atoms with Gasteiger partial charge in [-0.15, -0.1) is 0 Å². The third kappa shape index (κ3) is 5.76. The zero-order valence-electron chi connectivity index (χ0n) is 16.0. The van der Waals surface area contributed by atoms with Gasteiger partial charge < -0.3 is 15.0 Å². The van der Waals surface area contributed by atoms with Crippen LogP contribution in [0.1, 0.15) is 36.5 Å². The van der Waals surface area contributed by atoms with E-state index in [9.17, 15) is 4.79 Å². The predicted molar refractivity (Wildman–Crippen MR) is 102 cm³/mol. The molecule has 0 radical (unpaired) electrons. The van der Waals surface area contributed by atoms with Crippen LogP contribution in [0.2, 0.25) is 0 Å². The van der Waals surface area contributed by atoms with Crippen LogP contribution in [0.4, 0.5) is 0 Å². The van der Waals surface area contributed by atoms with E-state index in [-0.39, 0.29) is 11.9 Å². The number of rotatable bonds is 5. The van der Waals surface area contributed by atoms with Gasteiger partial charge in [0.15, 0.2) is 5.96 Å². The summed E-state index contributed by atoms with van der Waals surface area (Å²) >= 11 is 0. The van der Waals surface area contributed by atoms with Gasteiger partial charge in [-0.2, -0.15) is 0 Å². The average Bonchev–Trinajstić information content (AvgIpc) is 2.58. The summed E-state index contributed by atoms with van der Waals surface area (Å²) in [6.45, 7) is 9.12. The van der Waals surface area contributed by atoms with Crippen molar-refractivity contribution in [3.05, 3.63) is 34.9 Å². The van der Waals surface area contributed by atoms with Gasteiger partial charge in [0.25, 0.3) is 0 Å². The molecule has 1 aromatic carbocycles. The molecule has 0 aromatic heterocycles. The summed E-state index contributed by atoms with van der Waals surface area (Å²) < 4.78 is 5.13. The summed E-state index contributed by atoms with van der Waals surface area (Å²) in [5.74, 6) is 0.899. The van der Waals surface area contributed by atoms with Crippen molar-refractivity contribution in [1.29, 1.82) is 0 Å². The quantitative estimate of drug-likeness (QED) is 0.506. The third-order valence-corrected chi connectivity index (χ3v) is 4.60. The molecular formula is C20H31N3O2. The van der Waals surface area contributed by atoms with Crippen LogP contribution in [-0.4, -0.2) is 50.1 Å². The Morgan fingerprint density at radius 1 is 1.24 bits per heavy atom. The van der Waals surface area contributed by atoms with E-state index in [1.165, 1.54) is 16.7 Å². The van der Waals surface area contributed by atoms with Crippen LogP contribution in [0.25, 0.3) is 0 Å². The topological polar surface area (TPSA) is 53.9 Å². The van der Waals surface area contributed by atoms with Gasteiger partial charge in [0.2, 0.25) is 0 Å². The first-order valence-electron chi connectivity index (χ1n) is 9.23. The Morgan fingerprint density at radius 3 is 2.44 bits per heavy atom. The fourth-order valence-electron chi connectivity index (χ4n) is 3.45. The number of likely N-dealkylation sites (tertiary alicyclic amines) is 1. The van der Waals surface area contributed by atoms with E-state index in [0.29, 0.717) is 6.61 Å². The Kier molecular flexibility index (Phi) is 7.29. The van der Waals surface area contributed by atoms with E-state index in [4.69, 9.17) is 4.74 Å². The Bertz CT molecular complexity index is 585. The number of hydrogen-bond donors (Lipinski definition) is 1. The van der Waals surface area contributed by atoms with Crippen LogP contribution >= 0.6 is 0 Å². The second-order valence-electron chi connectivity index (χ2n) is 6.73. The Morgan fingerprint density at radius 2 is 1.88 bits per heavy atom. The number of ether oxygens (including phenoxy) is 1. The number of esters is 1. The van der Waals surface area contributed by atoms with E-state index >= 15 is 0 Å². The summed E-state index contributed by atoms with van der Waals surface area (Å²) in [6, 6.07) is 6.67. The van der Waals surface area contributed by atoms with Crippen molar-refractivity contribution in [2.75, 3.05) is 33.3 Å². The number of nitrogens with one attached hydrogen (secondary N) is 1. The number of nitrogens with zero attached hydrogens (tertiary/aromatic N) is 2. The Hall–Kier alpha value is -2.04. The van der Waals surface area contributed by atoms with Gasteiger partial charge in [0, 0.05) is 26.7 Å². The molecule has 5 heteroatoms. The maximum Gasteiger partial charge on any atom is 0.309 e. The van der Waals surface area contributed by atoms with Crippen molar-refractivity contribution < 1.29 is 9.53 Å². The number of carbonyl (C=O) groups is 1. The molecule has 1 aliphatic heterocycles. The van der Waals surface area contributed by atoms with Crippen molar-refractivity contribution >= 4 is 11.9 Å². The standard InChI is InChI=1S/C20H31N3O2/c1-5-25-19(24)18-7-10-23(11-8-18)20(21-4)22-9-6-17-13-15(2)12-16(3)14-17/h12-14,18H,5-11H2,1-4H3,(H,21,22). The second-order valence-corrected chi connectivity index (χ2v) is 6.73. The zero-order valence-corrected chi connectivity index (χ0v) is 16.0. The molecule has 1 aliphatic rings. The summed E-state index contributed by atoms with van der Waals surface area (Å²) in [5.41, 5.74) is 3.96. The molecule has 5 nitrogen and oxygen atoms in total. The molecule has 1 heterocycles. The highest BCUT2D eigenvalue weighted by Crippen LogP contribution is 2.18. The lowest BCUT2D eigenvalue weighted by Gasteiger charge is -2.33. The van der Waals surface area contributed by atoms with Gasteiger partial charge in [-0.1, -0.05) is 29.3 Å². The monoisotopic (exact) mass is 345 g/mol. The number of aryl methyl sites for hydroxylation is 2. The Balaban J connectivity index is 1.80. The van der Waals surface area contributed by atoms with Crippen LogP contribution in [0, 0.1) is 19.8 Å². The lowest BCUT2D eigenvalue weighted by Crippen LogP contribution is -2.47. The lowest BCUT2D eigenvalue weighted by molar-refractivity contribution is -0.149. The molecule has 138 valence electrons. The van der Waals surface area contributed by atoms with Gasteiger partial charge in [-0.25, -0.2) is 0 Å². The minimum absolute atomic E-state index is 0.0320. The van der Waals surface area contributed by atoms with Crippen molar-refractivity contribution in [3.8, 4) is 0 Å². The Labute approximate surface area is 151 Å². The SMILES string of the molecule is CCOC(=O)C1CCN(C(=NC)NCCc2cc(C)cc(C)c2)CC1. The van der Waals surface area contributed by atoms with Gasteiger partial charge in [0.1, 0.15) is 0 Å². The van der Waals surface area contributed by atoms with Gasteiger partial charge in [-0.05, 0) is 45.6 Å². The van der Waals surface area contributed by atoms with Gasteiger partial charge >= 0.3 is 5.97 Å². The maximum absolute atomic E-state index is 11.8. The number of hydrogen-bond acceptors (Lipinski definition) is 3. The molecule has 0 amide bonds. The molecular weight excluding hydrogens is 314 g/mol. The van der Waals surface area contributed by atoms with Crippen LogP contribution < -0.4 is 5.32 Å². The fourth-order valence-corrected chi connectivity index (χ4v) is 3.45. The summed E-state index contributed by atoms with van der Waals surface area (Å²) in [6.07, 6.45) is 2.63. The molecule has 1 saturated heterocycles. The van der Waals surface area contributed by atoms with Crippen molar-refractivity contribution in [2.24, 2.45) is 10.9 Å². The molecule has 0 bridgehead atoms. The fraction of sp³-hybridized carbons (Fsp3) is 0.600. The van der Waals surface area contributed by atoms with E-state index in [0.717, 1.165) is 44.9 Å². The van der Waals surface area contributed by atoms with Gasteiger partial charge in [-0.3, -0.25) is 9.79 Å². The molecule has 1 N–H and O–H groups in total. The largest absolute Gasteiger partial charge is 0.466 e. The molecule has 0 unspecified atom stereocenters. The normalized spacial score (nSPS) is 16.0. The molecule has 0 atom stereocenters. The minimum atomic E-state index is -0.0556. The third-order valence-electron chi connectivity index (χ3n) is 4.60. The highest BCUT2D eigenvalue weighted by atomic mass is 16.5. The number of aliphatic imine (C=N–C) groups is 1. The van der Waals surface area contributed by atoms with Crippen LogP contribution in [0.3, 0.4) is 0 Å². The predicted octanol–water partition coefficient (Wildman–Crippen LogP) is 2.70. The lowest BCUT2D eigenvalue weighted by atomic mass is 9.97. The van der Waals surface area contributed by atoms with Crippen molar-refractivity contribution in [1.82, 2.24) is 10.2 Å². The molecule has 0 aliphatic carbocycles. The smallest absolute Gasteiger partial charge is 0.309 e. The molecule has 0 spiro atoms. The molecule has 25 heavy (non-hydrogen) atoms. The molecule has 1 fully saturated rings. The van der Waals surface area contributed by atoms with E-state index in [2.05, 4.69) is 47.3 Å². The molecule has 1 aromatic rings. The zero-order chi connectivity index (χ0) is 18.2. The van der Waals surface area contributed by atoms with Gasteiger partial charge in [0.05, 0.1) is 12.5 Å². The molecule has 2 rings (SSSR count). The maximum atomic E-state index is 11.8. The summed E-state index contributed by atoms with van der Waals surface area (Å²) in [5, 5.41) is 3.46.